The molecular weight excluding hydrogens is 362 g/mol. The predicted octanol–water partition coefficient (Wildman–Crippen LogP) is 0.235. The minimum atomic E-state index is -1.38. The van der Waals surface area contributed by atoms with Gasteiger partial charge in [-0.1, -0.05) is 32.4 Å². The summed E-state index contributed by atoms with van der Waals surface area (Å²) in [6, 6.07) is 5.19. The number of benzene rings is 1. The first kappa shape index (κ1) is 19.7. The smallest absolute Gasteiger partial charge is 0.324 e. The number of amides is 3. The molecule has 28 heavy (non-hydrogen) atoms. The van der Waals surface area contributed by atoms with Crippen LogP contribution in [0.5, 0.6) is 0 Å². The van der Waals surface area contributed by atoms with Gasteiger partial charge in [0.1, 0.15) is 6.04 Å². The van der Waals surface area contributed by atoms with Crippen LogP contribution in [-0.2, 0) is 16.1 Å². The number of imidazole rings is 1. The molecule has 0 fully saturated rings. The van der Waals surface area contributed by atoms with Gasteiger partial charge in [-0.2, -0.15) is 0 Å². The molecule has 3 amide bonds. The number of hydrogen-bond acceptors (Lipinski definition) is 5. The first-order chi connectivity index (χ1) is 13.3. The first-order valence-corrected chi connectivity index (χ1v) is 9.38. The van der Waals surface area contributed by atoms with E-state index in [9.17, 15) is 19.5 Å². The Kier molecular flexibility index (Phi) is 5.53. The van der Waals surface area contributed by atoms with Crippen LogP contribution in [0.3, 0.4) is 0 Å². The van der Waals surface area contributed by atoms with Gasteiger partial charge in [-0.3, -0.25) is 9.69 Å². The zero-order valence-electron chi connectivity index (χ0n) is 16.1. The number of hydrogen-bond donors (Lipinski definition) is 2. The van der Waals surface area contributed by atoms with Crippen LogP contribution in [-0.4, -0.2) is 46.1 Å². The summed E-state index contributed by atoms with van der Waals surface area (Å²) in [5.74, 6) is -1.58. The van der Waals surface area contributed by atoms with Crippen LogP contribution in [0.2, 0.25) is 0 Å². The molecule has 1 aliphatic heterocycles. The highest BCUT2D eigenvalue weighted by atomic mass is 16.4. The fraction of sp³-hybridized carbons (Fsp3) is 0.474. The topological polar surface area (TPSA) is 119 Å². The number of carbonyl (C=O) groups excluding carboxylic acids is 3. The van der Waals surface area contributed by atoms with Gasteiger partial charge in [-0.05, 0) is 25.0 Å². The lowest BCUT2D eigenvalue weighted by Gasteiger charge is -2.27. The van der Waals surface area contributed by atoms with Crippen LogP contribution in [0.4, 0.5) is 10.7 Å². The number of carbonyl (C=O) groups is 3. The lowest BCUT2D eigenvalue weighted by Crippen LogP contribution is -2.57. The summed E-state index contributed by atoms with van der Waals surface area (Å²) in [4.78, 5) is 42.4. The summed E-state index contributed by atoms with van der Waals surface area (Å²) in [6.45, 7) is 6.11. The number of urea groups is 1. The van der Waals surface area contributed by atoms with Gasteiger partial charge in [0.15, 0.2) is 0 Å². The second-order valence-electron chi connectivity index (χ2n) is 7.07. The van der Waals surface area contributed by atoms with Crippen molar-refractivity contribution in [2.45, 2.75) is 45.8 Å². The molecule has 0 bridgehead atoms. The fourth-order valence-corrected chi connectivity index (χ4v) is 3.26. The van der Waals surface area contributed by atoms with E-state index in [4.69, 9.17) is 0 Å². The Bertz CT molecular complexity index is 909. The van der Waals surface area contributed by atoms with Crippen molar-refractivity contribution in [3.63, 3.8) is 0 Å². The molecular formula is C19H24N5O4-. The van der Waals surface area contributed by atoms with E-state index in [0.29, 0.717) is 25.5 Å². The predicted molar refractivity (Wildman–Crippen MR) is 101 cm³/mol. The minimum absolute atomic E-state index is 0.181. The molecule has 9 heteroatoms. The Morgan fingerprint density at radius 1 is 1.18 bits per heavy atom. The first-order valence-electron chi connectivity index (χ1n) is 9.38. The summed E-state index contributed by atoms with van der Waals surface area (Å²) in [7, 11) is 0. The van der Waals surface area contributed by atoms with Gasteiger partial charge >= 0.3 is 6.03 Å². The quantitative estimate of drug-likeness (QED) is 0.737. The number of aliphatic carboxylic acids is 1. The van der Waals surface area contributed by atoms with E-state index in [-0.39, 0.29) is 5.92 Å². The minimum Gasteiger partial charge on any atom is -0.548 e. The summed E-state index contributed by atoms with van der Waals surface area (Å²) < 4.78 is 1.96. The molecule has 0 saturated heterocycles. The summed E-state index contributed by atoms with van der Waals surface area (Å²) in [5, 5.41) is 16.0. The third-order valence-electron chi connectivity index (χ3n) is 5.15. The van der Waals surface area contributed by atoms with Crippen LogP contribution in [0.15, 0.2) is 24.3 Å². The molecule has 0 spiro atoms. The highest BCUT2D eigenvalue weighted by Gasteiger charge is 2.33. The molecule has 0 unspecified atom stereocenters. The molecule has 0 radical (unpaired) electrons. The summed E-state index contributed by atoms with van der Waals surface area (Å²) >= 11 is 0. The molecule has 150 valence electrons. The number of anilines is 1. The Morgan fingerprint density at radius 2 is 1.89 bits per heavy atom. The molecule has 2 N–H and O–H groups in total. The van der Waals surface area contributed by atoms with Crippen molar-refractivity contribution in [1.29, 1.82) is 0 Å². The van der Waals surface area contributed by atoms with E-state index in [1.54, 1.807) is 0 Å². The number of nitrogens with one attached hydrogen (secondary N) is 2. The summed E-state index contributed by atoms with van der Waals surface area (Å²) in [6.07, 6.45) is 0.635. The van der Waals surface area contributed by atoms with E-state index in [2.05, 4.69) is 15.6 Å². The van der Waals surface area contributed by atoms with Gasteiger partial charge in [0.2, 0.25) is 11.9 Å². The standard InChI is InChI=1S/C19H25N5O4/c1-4-11(2)15(16(25)20-12(3)17(26)27)22-19(28)24-10-9-23-14-8-6-5-7-13(14)21-18(23)24/h5-8,11-12,15H,4,9-10H2,1-3H3,(H,20,25)(H,22,28)(H,26,27)/p-1/t11-,12-,15-/m0/s1. The number of rotatable bonds is 6. The number of fused-ring (bicyclic) bond motifs is 3. The van der Waals surface area contributed by atoms with E-state index in [1.807, 2.05) is 42.7 Å². The highest BCUT2D eigenvalue weighted by Crippen LogP contribution is 2.27. The largest absolute Gasteiger partial charge is 0.548 e. The molecule has 1 aliphatic rings. The molecule has 9 nitrogen and oxygen atoms in total. The van der Waals surface area contributed by atoms with Gasteiger partial charge in [-0.25, -0.2) is 9.78 Å². The zero-order chi connectivity index (χ0) is 20.4. The van der Waals surface area contributed by atoms with E-state index in [1.165, 1.54) is 11.8 Å². The Labute approximate surface area is 162 Å². The molecule has 1 aromatic carbocycles. The van der Waals surface area contributed by atoms with Crippen molar-refractivity contribution in [2.75, 3.05) is 11.4 Å². The van der Waals surface area contributed by atoms with Crippen molar-refractivity contribution in [2.24, 2.45) is 5.92 Å². The van der Waals surface area contributed by atoms with Crippen LogP contribution in [0.1, 0.15) is 27.2 Å². The second-order valence-corrected chi connectivity index (χ2v) is 7.07. The average molecular weight is 386 g/mol. The van der Waals surface area contributed by atoms with E-state index < -0.39 is 30.0 Å². The number of carboxylic acids is 1. The molecule has 0 saturated carbocycles. The Morgan fingerprint density at radius 3 is 2.57 bits per heavy atom. The maximum atomic E-state index is 12.9. The number of aromatic nitrogens is 2. The van der Waals surface area contributed by atoms with Crippen LogP contribution >= 0.6 is 0 Å². The highest BCUT2D eigenvalue weighted by molar-refractivity contribution is 5.97. The zero-order valence-corrected chi connectivity index (χ0v) is 16.1. The molecule has 3 rings (SSSR count). The molecule has 2 aromatic rings. The van der Waals surface area contributed by atoms with Gasteiger partial charge in [0, 0.05) is 13.1 Å². The Balaban J connectivity index is 1.78. The van der Waals surface area contributed by atoms with E-state index in [0.717, 1.165) is 11.0 Å². The summed E-state index contributed by atoms with van der Waals surface area (Å²) in [5.41, 5.74) is 1.75. The van der Waals surface area contributed by atoms with E-state index >= 15 is 0 Å². The number of nitrogens with zero attached hydrogens (tertiary/aromatic N) is 3. The van der Waals surface area contributed by atoms with Crippen molar-refractivity contribution in [3.8, 4) is 0 Å². The average Bonchev–Trinajstić information content (AvgIpc) is 3.24. The van der Waals surface area contributed by atoms with Gasteiger partial charge in [0.25, 0.3) is 0 Å². The molecule has 1 aromatic heterocycles. The monoisotopic (exact) mass is 386 g/mol. The number of carboxylic acid groups (broad SMARTS) is 1. The molecule has 3 atom stereocenters. The maximum Gasteiger partial charge on any atom is 0.324 e. The third-order valence-corrected chi connectivity index (χ3v) is 5.15. The molecule has 2 heterocycles. The van der Waals surface area contributed by atoms with Crippen molar-refractivity contribution in [1.82, 2.24) is 20.2 Å². The van der Waals surface area contributed by atoms with Crippen molar-refractivity contribution >= 4 is 34.9 Å². The lowest BCUT2D eigenvalue weighted by molar-refractivity contribution is -0.307. The third kappa shape index (κ3) is 3.64. The molecule has 0 aliphatic carbocycles. The van der Waals surface area contributed by atoms with Crippen LogP contribution in [0, 0.1) is 5.92 Å². The fourth-order valence-electron chi connectivity index (χ4n) is 3.26. The second kappa shape index (κ2) is 7.87. The Hall–Kier alpha value is -3.10. The van der Waals surface area contributed by atoms with Crippen molar-refractivity contribution < 1.29 is 19.5 Å². The SMILES string of the molecule is CC[C@H](C)[C@H](NC(=O)N1CCn2c1nc1ccccc12)C(=O)N[C@@H](C)C(=O)[O-]. The van der Waals surface area contributed by atoms with Crippen molar-refractivity contribution in [3.05, 3.63) is 24.3 Å². The van der Waals surface area contributed by atoms with Crippen LogP contribution < -0.4 is 20.6 Å². The normalized spacial score (nSPS) is 16.3. The lowest BCUT2D eigenvalue weighted by atomic mass is 9.98. The van der Waals surface area contributed by atoms with Gasteiger partial charge < -0.3 is 25.1 Å². The maximum absolute atomic E-state index is 12.9. The van der Waals surface area contributed by atoms with Gasteiger partial charge in [-0.15, -0.1) is 0 Å². The van der Waals surface area contributed by atoms with Crippen LogP contribution in [0.25, 0.3) is 11.0 Å². The van der Waals surface area contributed by atoms with Gasteiger partial charge in [0.05, 0.1) is 23.0 Å². The number of para-hydroxylation sites is 2.